The van der Waals surface area contributed by atoms with Crippen LogP contribution in [0.5, 0.6) is 5.75 Å². The van der Waals surface area contributed by atoms with Crippen LogP contribution in [-0.2, 0) is 32.2 Å². The van der Waals surface area contributed by atoms with E-state index < -0.39 is 67.1 Å². The predicted molar refractivity (Wildman–Crippen MR) is 110 cm³/mol. The number of phenolic OH excluding ortho intramolecular Hbond substituents is 1. The minimum atomic E-state index is -4.79. The second kappa shape index (κ2) is 9.35. The third-order valence-electron chi connectivity index (χ3n) is 4.14. The first-order valence-electron chi connectivity index (χ1n) is 9.38. The molecule has 0 saturated heterocycles. The van der Waals surface area contributed by atoms with E-state index in [4.69, 9.17) is 4.74 Å². The standard InChI is InChI=1S/C20H21F3N2O7S/c1-19(2,3)32-18(27)15(9-12-7-8-17(26)16(10-12)25(28)29)24-33(30,31)14-6-4-5-13(11-14)20(21,22)23/h4-8,10-11,15,24,26H,9H2,1-3H3/t15-/m0/s1. The van der Waals surface area contributed by atoms with E-state index in [1.165, 1.54) is 26.8 Å². The molecular formula is C20H21F3N2O7S. The first-order chi connectivity index (χ1) is 15.0. The second-order valence-electron chi connectivity index (χ2n) is 8.02. The van der Waals surface area contributed by atoms with Crippen LogP contribution in [0, 0.1) is 10.1 Å². The number of nitro benzene ring substituents is 1. The molecule has 0 radical (unpaired) electrons. The van der Waals surface area contributed by atoms with Crippen molar-refractivity contribution in [3.63, 3.8) is 0 Å². The molecule has 2 aromatic rings. The summed E-state index contributed by atoms with van der Waals surface area (Å²) in [7, 11) is -4.63. The van der Waals surface area contributed by atoms with Gasteiger partial charge < -0.3 is 9.84 Å². The number of hydrogen-bond donors (Lipinski definition) is 2. The van der Waals surface area contributed by atoms with Crippen LogP contribution in [0.2, 0.25) is 0 Å². The maximum atomic E-state index is 13.0. The van der Waals surface area contributed by atoms with Gasteiger partial charge in [-0.2, -0.15) is 17.9 Å². The lowest BCUT2D eigenvalue weighted by Crippen LogP contribution is -2.45. The summed E-state index contributed by atoms with van der Waals surface area (Å²) in [5.74, 6) is -1.68. The number of benzene rings is 2. The molecule has 0 heterocycles. The maximum Gasteiger partial charge on any atom is 0.416 e. The molecule has 0 amide bonds. The van der Waals surface area contributed by atoms with E-state index >= 15 is 0 Å². The molecule has 0 unspecified atom stereocenters. The van der Waals surface area contributed by atoms with Crippen molar-refractivity contribution in [3.05, 3.63) is 63.7 Å². The Morgan fingerprint density at radius 2 is 1.82 bits per heavy atom. The zero-order valence-electron chi connectivity index (χ0n) is 17.7. The van der Waals surface area contributed by atoms with Crippen molar-refractivity contribution < 1.29 is 41.2 Å². The molecule has 2 aromatic carbocycles. The zero-order chi connectivity index (χ0) is 25.2. The third kappa shape index (κ3) is 7.15. The summed E-state index contributed by atoms with van der Waals surface area (Å²) in [5.41, 5.74) is -2.80. The summed E-state index contributed by atoms with van der Waals surface area (Å²) >= 11 is 0. The van der Waals surface area contributed by atoms with Crippen LogP contribution in [0.3, 0.4) is 0 Å². The Morgan fingerprint density at radius 1 is 1.18 bits per heavy atom. The number of esters is 1. The average Bonchev–Trinajstić information content (AvgIpc) is 2.66. The van der Waals surface area contributed by atoms with Crippen LogP contribution >= 0.6 is 0 Å². The second-order valence-corrected chi connectivity index (χ2v) is 9.73. The van der Waals surface area contributed by atoms with E-state index in [1.54, 1.807) is 0 Å². The lowest BCUT2D eigenvalue weighted by atomic mass is 10.1. The molecular weight excluding hydrogens is 469 g/mol. The summed E-state index contributed by atoms with van der Waals surface area (Å²) in [6.45, 7) is 4.57. The molecule has 0 aliphatic heterocycles. The van der Waals surface area contributed by atoms with E-state index in [0.717, 1.165) is 24.3 Å². The molecule has 9 nitrogen and oxygen atoms in total. The van der Waals surface area contributed by atoms with E-state index in [0.29, 0.717) is 12.1 Å². The number of nitrogens with zero attached hydrogens (tertiary/aromatic N) is 1. The van der Waals surface area contributed by atoms with Gasteiger partial charge in [-0.05, 0) is 57.0 Å². The highest BCUT2D eigenvalue weighted by molar-refractivity contribution is 7.89. The van der Waals surface area contributed by atoms with Gasteiger partial charge in [0.05, 0.1) is 15.4 Å². The summed E-state index contributed by atoms with van der Waals surface area (Å²) < 4.78 is 71.8. The van der Waals surface area contributed by atoms with Crippen LogP contribution < -0.4 is 4.72 Å². The number of carbonyl (C=O) groups is 1. The van der Waals surface area contributed by atoms with Crippen molar-refractivity contribution in [1.82, 2.24) is 4.72 Å². The fraction of sp³-hybridized carbons (Fsp3) is 0.350. The minimum Gasteiger partial charge on any atom is -0.502 e. The van der Waals surface area contributed by atoms with Gasteiger partial charge in [-0.15, -0.1) is 0 Å². The van der Waals surface area contributed by atoms with Crippen molar-refractivity contribution in [2.24, 2.45) is 0 Å². The van der Waals surface area contributed by atoms with E-state index in [1.807, 2.05) is 4.72 Å². The van der Waals surface area contributed by atoms with Crippen LogP contribution in [-0.4, -0.2) is 36.1 Å². The van der Waals surface area contributed by atoms with Crippen LogP contribution in [0.25, 0.3) is 0 Å². The number of carbonyl (C=O) groups excluding carboxylic acids is 1. The molecule has 2 N–H and O–H groups in total. The number of alkyl halides is 3. The lowest BCUT2D eigenvalue weighted by Gasteiger charge is -2.24. The number of sulfonamides is 1. The van der Waals surface area contributed by atoms with Crippen LogP contribution in [0.15, 0.2) is 47.4 Å². The summed E-state index contributed by atoms with van der Waals surface area (Å²) in [6.07, 6.45) is -5.23. The number of phenols is 1. The van der Waals surface area contributed by atoms with Crippen molar-refractivity contribution >= 4 is 21.7 Å². The van der Waals surface area contributed by atoms with Gasteiger partial charge in [-0.1, -0.05) is 12.1 Å². The first kappa shape index (κ1) is 26.1. The topological polar surface area (TPSA) is 136 Å². The van der Waals surface area contributed by atoms with Crippen molar-refractivity contribution in [3.8, 4) is 5.75 Å². The van der Waals surface area contributed by atoms with E-state index in [9.17, 15) is 41.6 Å². The van der Waals surface area contributed by atoms with E-state index in [-0.39, 0.29) is 5.56 Å². The van der Waals surface area contributed by atoms with Crippen LogP contribution in [0.4, 0.5) is 18.9 Å². The molecule has 13 heteroatoms. The van der Waals surface area contributed by atoms with Crippen molar-refractivity contribution in [1.29, 1.82) is 0 Å². The molecule has 0 saturated carbocycles. The number of halogens is 3. The molecule has 33 heavy (non-hydrogen) atoms. The highest BCUT2D eigenvalue weighted by Gasteiger charge is 2.34. The number of nitro groups is 1. The van der Waals surface area contributed by atoms with E-state index in [2.05, 4.69) is 0 Å². The first-order valence-corrected chi connectivity index (χ1v) is 10.9. The third-order valence-corrected chi connectivity index (χ3v) is 5.61. The highest BCUT2D eigenvalue weighted by atomic mass is 32.2. The normalized spacial score (nSPS) is 13.4. The fourth-order valence-corrected chi connectivity index (χ4v) is 3.95. The Hall–Kier alpha value is -3.19. The largest absolute Gasteiger partial charge is 0.502 e. The number of ether oxygens (including phenoxy) is 1. The Balaban J connectivity index is 2.44. The Morgan fingerprint density at radius 3 is 2.36 bits per heavy atom. The molecule has 1 atom stereocenters. The van der Waals surface area contributed by atoms with Gasteiger partial charge in [0.15, 0.2) is 5.75 Å². The SMILES string of the molecule is CC(C)(C)OC(=O)[C@H](Cc1ccc(O)c([N+](=O)[O-])c1)NS(=O)(=O)c1cccc(C(F)(F)F)c1. The smallest absolute Gasteiger partial charge is 0.416 e. The summed E-state index contributed by atoms with van der Waals surface area (Å²) in [4.78, 5) is 22.1. The number of nitrogens with one attached hydrogen (secondary N) is 1. The molecule has 2 rings (SSSR count). The van der Waals surface area contributed by atoms with Gasteiger partial charge in [0.1, 0.15) is 11.6 Å². The minimum absolute atomic E-state index is 0.0992. The van der Waals surface area contributed by atoms with Gasteiger partial charge in [0.25, 0.3) is 0 Å². The molecule has 0 aromatic heterocycles. The quantitative estimate of drug-likeness (QED) is 0.344. The molecule has 0 bridgehead atoms. The van der Waals surface area contributed by atoms with Crippen molar-refractivity contribution in [2.75, 3.05) is 0 Å². The fourth-order valence-electron chi connectivity index (χ4n) is 2.72. The van der Waals surface area contributed by atoms with Gasteiger partial charge >= 0.3 is 17.8 Å². The van der Waals surface area contributed by atoms with Gasteiger partial charge in [-0.25, -0.2) is 8.42 Å². The monoisotopic (exact) mass is 490 g/mol. The zero-order valence-corrected chi connectivity index (χ0v) is 18.5. The number of aromatic hydroxyl groups is 1. The molecule has 0 aliphatic rings. The Kier molecular flexibility index (Phi) is 7.39. The van der Waals surface area contributed by atoms with Crippen LogP contribution in [0.1, 0.15) is 31.9 Å². The maximum absolute atomic E-state index is 13.0. The van der Waals surface area contributed by atoms with Gasteiger partial charge in [0, 0.05) is 6.07 Å². The summed E-state index contributed by atoms with van der Waals surface area (Å²) in [5, 5.41) is 20.7. The number of hydrogen-bond acceptors (Lipinski definition) is 7. The highest BCUT2D eigenvalue weighted by Crippen LogP contribution is 2.31. The Labute approximate surface area is 187 Å². The lowest BCUT2D eigenvalue weighted by molar-refractivity contribution is -0.385. The molecule has 0 aliphatic carbocycles. The molecule has 180 valence electrons. The van der Waals surface area contributed by atoms with Gasteiger partial charge in [0.2, 0.25) is 10.0 Å². The van der Waals surface area contributed by atoms with Gasteiger partial charge in [-0.3, -0.25) is 14.9 Å². The summed E-state index contributed by atoms with van der Waals surface area (Å²) in [6, 6.07) is 4.50. The molecule has 0 spiro atoms. The average molecular weight is 490 g/mol. The van der Waals surface area contributed by atoms with Crippen molar-refractivity contribution in [2.45, 2.75) is 49.9 Å². The predicted octanol–water partition coefficient (Wildman–Crippen LogP) is 3.55. The number of rotatable bonds is 7. The molecule has 0 fully saturated rings. The Bertz CT molecular complexity index is 1160.